The zero-order valence-electron chi connectivity index (χ0n) is 12.0. The maximum absolute atomic E-state index is 13.7. The summed E-state index contributed by atoms with van der Waals surface area (Å²) in [5.41, 5.74) is 0.292. The molecule has 1 aromatic rings. The minimum absolute atomic E-state index is 0.00445. The average molecular weight is 329 g/mol. The van der Waals surface area contributed by atoms with Gasteiger partial charge < -0.3 is 15.3 Å². The van der Waals surface area contributed by atoms with Gasteiger partial charge in [-0.3, -0.25) is 9.59 Å². The molecule has 2 amide bonds. The molecule has 1 saturated carbocycles. The summed E-state index contributed by atoms with van der Waals surface area (Å²) < 4.78 is 13.7. The number of hydrogen-bond donors (Lipinski definition) is 2. The maximum atomic E-state index is 13.7. The molecule has 5 nitrogen and oxygen atoms in total. The molecular formula is C15H18ClFN2O3. The second kappa shape index (κ2) is 7.56. The quantitative estimate of drug-likeness (QED) is 0.742. The number of nitrogens with zero attached hydrogens (tertiary/aromatic N) is 1. The number of benzene rings is 1. The Morgan fingerprint density at radius 1 is 1.50 bits per heavy atom. The number of halogens is 2. The summed E-state index contributed by atoms with van der Waals surface area (Å²) in [6.45, 7) is 0.373. The molecule has 0 heterocycles. The van der Waals surface area contributed by atoms with E-state index >= 15 is 0 Å². The van der Waals surface area contributed by atoms with Gasteiger partial charge in [0.15, 0.2) is 0 Å². The molecule has 0 saturated heterocycles. The zero-order chi connectivity index (χ0) is 16.1. The van der Waals surface area contributed by atoms with Gasteiger partial charge in [-0.25, -0.2) is 4.39 Å². The predicted octanol–water partition coefficient (Wildman–Crippen LogP) is 1.32. The first-order chi connectivity index (χ1) is 10.5. The fraction of sp³-hybridized carbons (Fsp3) is 0.467. The van der Waals surface area contributed by atoms with Crippen molar-refractivity contribution in [3.8, 4) is 0 Å². The van der Waals surface area contributed by atoms with Crippen LogP contribution in [0.2, 0.25) is 5.02 Å². The molecule has 22 heavy (non-hydrogen) atoms. The van der Waals surface area contributed by atoms with Crippen molar-refractivity contribution in [2.45, 2.75) is 25.5 Å². The minimum atomic E-state index is -0.555. The Morgan fingerprint density at radius 3 is 2.86 bits per heavy atom. The lowest BCUT2D eigenvalue weighted by Crippen LogP contribution is -2.42. The highest BCUT2D eigenvalue weighted by Crippen LogP contribution is 2.27. The summed E-state index contributed by atoms with van der Waals surface area (Å²) in [7, 11) is 0. The number of aliphatic hydroxyl groups is 1. The van der Waals surface area contributed by atoms with Crippen LogP contribution in [0.1, 0.15) is 18.4 Å². The molecule has 2 rings (SSSR count). The lowest BCUT2D eigenvalue weighted by molar-refractivity contribution is -0.129. The fourth-order valence-corrected chi connectivity index (χ4v) is 2.64. The molecule has 0 unspecified atom stereocenters. The molecule has 120 valence electrons. The number of carbonyl (C=O) groups excluding carboxylic acids is 2. The van der Waals surface area contributed by atoms with Crippen LogP contribution in [0.5, 0.6) is 0 Å². The van der Waals surface area contributed by atoms with E-state index in [0.717, 1.165) is 0 Å². The Morgan fingerprint density at radius 2 is 2.23 bits per heavy atom. The molecule has 2 N–H and O–H groups in total. The Hall–Kier alpha value is -1.66. The third kappa shape index (κ3) is 4.42. The average Bonchev–Trinajstić information content (AvgIpc) is 2.46. The summed E-state index contributed by atoms with van der Waals surface area (Å²) in [4.78, 5) is 24.2. The van der Waals surface area contributed by atoms with E-state index in [1.165, 1.54) is 17.0 Å². The van der Waals surface area contributed by atoms with Gasteiger partial charge in [0.1, 0.15) is 5.82 Å². The van der Waals surface area contributed by atoms with Crippen LogP contribution in [-0.4, -0.2) is 41.5 Å². The van der Waals surface area contributed by atoms with Gasteiger partial charge in [-0.2, -0.15) is 0 Å². The lowest BCUT2D eigenvalue weighted by atomic mass is 9.82. The third-order valence-electron chi connectivity index (χ3n) is 3.71. The number of nitrogens with one attached hydrogen (secondary N) is 1. The highest BCUT2D eigenvalue weighted by atomic mass is 35.5. The second-order valence-corrected chi connectivity index (χ2v) is 5.92. The standard InChI is InChI=1S/C15H18ClFN2O3/c16-13-3-1-2-11(15(13)17)6-18-14(22)8-19(9-20)7-10-4-12(21)5-10/h1-3,9-10,12,21H,4-8H2,(H,18,22). The normalized spacial score (nSPS) is 20.1. The van der Waals surface area contributed by atoms with Crippen LogP contribution in [0.4, 0.5) is 4.39 Å². The van der Waals surface area contributed by atoms with E-state index < -0.39 is 5.82 Å². The molecule has 0 bridgehead atoms. The monoisotopic (exact) mass is 328 g/mol. The summed E-state index contributed by atoms with van der Waals surface area (Å²) in [5, 5.41) is 11.8. The van der Waals surface area contributed by atoms with Crippen molar-refractivity contribution < 1.29 is 19.1 Å². The largest absolute Gasteiger partial charge is 0.393 e. The first kappa shape index (κ1) is 16.7. The third-order valence-corrected chi connectivity index (χ3v) is 4.00. The van der Waals surface area contributed by atoms with E-state index in [2.05, 4.69) is 5.32 Å². The van der Waals surface area contributed by atoms with Gasteiger partial charge >= 0.3 is 0 Å². The summed E-state index contributed by atoms with van der Waals surface area (Å²) in [5.74, 6) is -0.690. The molecular weight excluding hydrogens is 311 g/mol. The van der Waals surface area contributed by atoms with E-state index in [-0.39, 0.29) is 36.0 Å². The Balaban J connectivity index is 1.78. The number of rotatable bonds is 7. The van der Waals surface area contributed by atoms with Crippen LogP contribution < -0.4 is 5.32 Å². The predicted molar refractivity (Wildman–Crippen MR) is 79.6 cm³/mol. The number of amides is 2. The van der Waals surface area contributed by atoms with Crippen molar-refractivity contribution >= 4 is 23.9 Å². The first-order valence-corrected chi connectivity index (χ1v) is 7.44. The van der Waals surface area contributed by atoms with E-state index in [1.807, 2.05) is 0 Å². The zero-order valence-corrected chi connectivity index (χ0v) is 12.7. The van der Waals surface area contributed by atoms with Crippen LogP contribution >= 0.6 is 11.6 Å². The smallest absolute Gasteiger partial charge is 0.239 e. The molecule has 7 heteroatoms. The number of hydrogen-bond acceptors (Lipinski definition) is 3. The molecule has 1 aromatic carbocycles. The highest BCUT2D eigenvalue weighted by Gasteiger charge is 2.28. The van der Waals surface area contributed by atoms with Gasteiger partial charge in [-0.1, -0.05) is 23.7 Å². The van der Waals surface area contributed by atoms with Gasteiger partial charge in [0.05, 0.1) is 17.7 Å². The van der Waals surface area contributed by atoms with Crippen molar-refractivity contribution in [1.29, 1.82) is 0 Å². The van der Waals surface area contributed by atoms with Gasteiger partial charge in [-0.05, 0) is 24.8 Å². The second-order valence-electron chi connectivity index (χ2n) is 5.52. The van der Waals surface area contributed by atoms with Crippen LogP contribution in [0.15, 0.2) is 18.2 Å². The minimum Gasteiger partial charge on any atom is -0.393 e. The Kier molecular flexibility index (Phi) is 5.74. The molecule has 0 aromatic heterocycles. The van der Waals surface area contributed by atoms with Gasteiger partial charge in [0, 0.05) is 18.7 Å². The summed E-state index contributed by atoms with van der Waals surface area (Å²) >= 11 is 5.66. The molecule has 1 aliphatic carbocycles. The fourth-order valence-electron chi connectivity index (χ4n) is 2.45. The molecule has 1 fully saturated rings. The van der Waals surface area contributed by atoms with Crippen molar-refractivity contribution in [3.63, 3.8) is 0 Å². The van der Waals surface area contributed by atoms with Gasteiger partial charge in [0.25, 0.3) is 0 Å². The summed E-state index contributed by atoms with van der Waals surface area (Å²) in [6.07, 6.45) is 1.63. The van der Waals surface area contributed by atoms with E-state index in [4.69, 9.17) is 11.6 Å². The SMILES string of the molecule is O=CN(CC(=O)NCc1cccc(Cl)c1F)CC1CC(O)C1. The van der Waals surface area contributed by atoms with Crippen molar-refractivity contribution in [1.82, 2.24) is 10.2 Å². The van der Waals surface area contributed by atoms with Crippen molar-refractivity contribution in [2.24, 2.45) is 5.92 Å². The van der Waals surface area contributed by atoms with Crippen LogP contribution in [-0.2, 0) is 16.1 Å². The highest BCUT2D eigenvalue weighted by molar-refractivity contribution is 6.30. The molecule has 0 radical (unpaired) electrons. The van der Waals surface area contributed by atoms with Crippen LogP contribution in [0.25, 0.3) is 0 Å². The molecule has 1 aliphatic rings. The van der Waals surface area contributed by atoms with Crippen molar-refractivity contribution in [3.05, 3.63) is 34.6 Å². The Bertz CT molecular complexity index is 550. The molecule has 0 atom stereocenters. The molecule has 0 aliphatic heterocycles. The van der Waals surface area contributed by atoms with E-state index in [1.54, 1.807) is 6.07 Å². The van der Waals surface area contributed by atoms with Gasteiger partial charge in [-0.15, -0.1) is 0 Å². The Labute approximate surface area is 133 Å². The lowest BCUT2D eigenvalue weighted by Gasteiger charge is -2.34. The number of aliphatic hydroxyl groups excluding tert-OH is 1. The van der Waals surface area contributed by atoms with Crippen LogP contribution in [0.3, 0.4) is 0 Å². The van der Waals surface area contributed by atoms with E-state index in [0.29, 0.717) is 31.4 Å². The maximum Gasteiger partial charge on any atom is 0.239 e. The summed E-state index contributed by atoms with van der Waals surface area (Å²) in [6, 6.07) is 4.57. The molecule has 0 spiro atoms. The van der Waals surface area contributed by atoms with Gasteiger partial charge in [0.2, 0.25) is 12.3 Å². The van der Waals surface area contributed by atoms with Crippen molar-refractivity contribution in [2.75, 3.05) is 13.1 Å². The van der Waals surface area contributed by atoms with E-state index in [9.17, 15) is 19.1 Å². The topological polar surface area (TPSA) is 69.6 Å². The first-order valence-electron chi connectivity index (χ1n) is 7.06. The number of carbonyl (C=O) groups is 2. The van der Waals surface area contributed by atoms with Crippen LogP contribution in [0, 0.1) is 11.7 Å².